The number of carbonyl (C=O) groups is 2. The Morgan fingerprint density at radius 1 is 1.13 bits per heavy atom. The first-order chi connectivity index (χ1) is 11.2. The van der Waals surface area contributed by atoms with Gasteiger partial charge >= 0.3 is 0 Å². The smallest absolute Gasteiger partial charge is 0.251 e. The third kappa shape index (κ3) is 5.87. The highest BCUT2D eigenvalue weighted by Gasteiger charge is 2.06. The molecule has 0 fully saturated rings. The number of benzene rings is 1. The predicted molar refractivity (Wildman–Crippen MR) is 92.5 cm³/mol. The predicted octanol–water partition coefficient (Wildman–Crippen LogP) is 2.46. The summed E-state index contributed by atoms with van der Waals surface area (Å²) in [6.07, 6.45) is 8.34. The second-order valence-corrected chi connectivity index (χ2v) is 5.74. The first kappa shape index (κ1) is 17.2. The SMILES string of the molecule is CNC(=O)c1ccc(NC(=O)CNCCC2=CCCCC2)cc1. The van der Waals surface area contributed by atoms with Gasteiger partial charge in [-0.3, -0.25) is 9.59 Å². The summed E-state index contributed by atoms with van der Waals surface area (Å²) in [6, 6.07) is 6.85. The Morgan fingerprint density at radius 3 is 2.57 bits per heavy atom. The van der Waals surface area contributed by atoms with Gasteiger partial charge in [-0.05, 0) is 62.9 Å². The van der Waals surface area contributed by atoms with Crippen molar-refractivity contribution in [2.75, 3.05) is 25.5 Å². The third-order valence-corrected chi connectivity index (χ3v) is 3.95. The van der Waals surface area contributed by atoms with Crippen molar-refractivity contribution in [3.05, 3.63) is 41.5 Å². The molecule has 0 bridgehead atoms. The second kappa shape index (κ2) is 9.10. The standard InChI is InChI=1S/C18H25N3O2/c1-19-18(23)15-7-9-16(10-8-15)21-17(22)13-20-12-11-14-5-3-2-4-6-14/h5,7-10,20H,2-4,6,11-13H2,1H3,(H,19,23)(H,21,22). The van der Waals surface area contributed by atoms with E-state index >= 15 is 0 Å². The molecule has 23 heavy (non-hydrogen) atoms. The van der Waals surface area contributed by atoms with E-state index in [1.54, 1.807) is 31.3 Å². The molecule has 3 N–H and O–H groups in total. The van der Waals surface area contributed by atoms with Crippen LogP contribution in [-0.4, -0.2) is 32.0 Å². The zero-order valence-electron chi connectivity index (χ0n) is 13.7. The van der Waals surface area contributed by atoms with Gasteiger partial charge < -0.3 is 16.0 Å². The fourth-order valence-electron chi connectivity index (χ4n) is 2.64. The largest absolute Gasteiger partial charge is 0.355 e. The normalized spacial score (nSPS) is 14.0. The number of hydrogen-bond acceptors (Lipinski definition) is 3. The van der Waals surface area contributed by atoms with Crippen LogP contribution < -0.4 is 16.0 Å². The second-order valence-electron chi connectivity index (χ2n) is 5.74. The Bertz CT molecular complexity index is 564. The molecule has 0 aromatic heterocycles. The van der Waals surface area contributed by atoms with E-state index in [2.05, 4.69) is 22.0 Å². The lowest BCUT2D eigenvalue weighted by Crippen LogP contribution is -2.29. The average molecular weight is 315 g/mol. The summed E-state index contributed by atoms with van der Waals surface area (Å²) in [4.78, 5) is 23.3. The van der Waals surface area contributed by atoms with Crippen LogP contribution in [0.5, 0.6) is 0 Å². The lowest BCUT2D eigenvalue weighted by atomic mass is 9.97. The summed E-state index contributed by atoms with van der Waals surface area (Å²) < 4.78 is 0. The molecule has 5 heteroatoms. The van der Waals surface area contributed by atoms with Gasteiger partial charge in [0.05, 0.1) is 6.54 Å². The maximum atomic E-state index is 11.9. The van der Waals surface area contributed by atoms with Crippen molar-refractivity contribution in [3.63, 3.8) is 0 Å². The molecule has 0 spiro atoms. The van der Waals surface area contributed by atoms with Gasteiger partial charge in [-0.25, -0.2) is 0 Å². The zero-order chi connectivity index (χ0) is 16.5. The molecule has 1 aliphatic carbocycles. The number of carbonyl (C=O) groups excluding carboxylic acids is 2. The van der Waals surface area contributed by atoms with Crippen LogP contribution in [0.1, 0.15) is 42.5 Å². The van der Waals surface area contributed by atoms with E-state index in [9.17, 15) is 9.59 Å². The van der Waals surface area contributed by atoms with Gasteiger partial charge in [-0.2, -0.15) is 0 Å². The van der Waals surface area contributed by atoms with Crippen LogP contribution in [-0.2, 0) is 4.79 Å². The summed E-state index contributed by atoms with van der Waals surface area (Å²) >= 11 is 0. The minimum Gasteiger partial charge on any atom is -0.355 e. The van der Waals surface area contributed by atoms with E-state index in [1.807, 2.05) is 0 Å². The number of anilines is 1. The Morgan fingerprint density at radius 2 is 1.91 bits per heavy atom. The average Bonchev–Trinajstić information content (AvgIpc) is 2.59. The zero-order valence-corrected chi connectivity index (χ0v) is 13.7. The van der Waals surface area contributed by atoms with Crippen molar-refractivity contribution in [1.29, 1.82) is 0 Å². The van der Waals surface area contributed by atoms with Crippen LogP contribution in [0.2, 0.25) is 0 Å². The van der Waals surface area contributed by atoms with E-state index < -0.39 is 0 Å². The molecule has 1 aliphatic rings. The van der Waals surface area contributed by atoms with Crippen LogP contribution in [0, 0.1) is 0 Å². The Balaban J connectivity index is 1.68. The Labute approximate surface area is 137 Å². The summed E-state index contributed by atoms with van der Waals surface area (Å²) in [5, 5.41) is 8.55. The quantitative estimate of drug-likeness (QED) is 0.535. The van der Waals surface area contributed by atoms with Crippen molar-refractivity contribution in [2.24, 2.45) is 0 Å². The molecule has 0 saturated heterocycles. The van der Waals surface area contributed by atoms with E-state index in [4.69, 9.17) is 0 Å². The summed E-state index contributed by atoms with van der Waals surface area (Å²) in [5.74, 6) is -0.211. The Kier molecular flexibility index (Phi) is 6.81. The number of nitrogens with one attached hydrogen (secondary N) is 3. The number of hydrogen-bond donors (Lipinski definition) is 3. The van der Waals surface area contributed by atoms with Gasteiger partial charge in [0.25, 0.3) is 5.91 Å². The molecule has 0 heterocycles. The van der Waals surface area contributed by atoms with Crippen LogP contribution in [0.4, 0.5) is 5.69 Å². The molecule has 1 aromatic rings. The Hall–Kier alpha value is -2.14. The number of allylic oxidation sites excluding steroid dienone is 1. The van der Waals surface area contributed by atoms with Crippen LogP contribution in [0.15, 0.2) is 35.9 Å². The van der Waals surface area contributed by atoms with Crippen molar-refractivity contribution in [1.82, 2.24) is 10.6 Å². The number of rotatable bonds is 7. The lowest BCUT2D eigenvalue weighted by Gasteiger charge is -2.13. The molecule has 124 valence electrons. The fraction of sp³-hybridized carbons (Fsp3) is 0.444. The highest BCUT2D eigenvalue weighted by molar-refractivity contribution is 5.96. The highest BCUT2D eigenvalue weighted by Crippen LogP contribution is 2.19. The minimum absolute atomic E-state index is 0.0738. The molecule has 2 amide bonds. The lowest BCUT2D eigenvalue weighted by molar-refractivity contribution is -0.115. The monoisotopic (exact) mass is 315 g/mol. The first-order valence-electron chi connectivity index (χ1n) is 8.19. The molecular weight excluding hydrogens is 290 g/mol. The molecular formula is C18H25N3O2. The topological polar surface area (TPSA) is 70.2 Å². The van der Waals surface area contributed by atoms with Crippen molar-refractivity contribution < 1.29 is 9.59 Å². The van der Waals surface area contributed by atoms with Crippen LogP contribution in [0.25, 0.3) is 0 Å². The third-order valence-electron chi connectivity index (χ3n) is 3.95. The van der Waals surface area contributed by atoms with Crippen LogP contribution >= 0.6 is 0 Å². The fourth-order valence-corrected chi connectivity index (χ4v) is 2.64. The maximum Gasteiger partial charge on any atom is 0.251 e. The highest BCUT2D eigenvalue weighted by atomic mass is 16.2. The maximum absolute atomic E-state index is 11.9. The summed E-state index contributed by atoms with van der Waals surface area (Å²) in [5.41, 5.74) is 2.78. The van der Waals surface area contributed by atoms with Gasteiger partial charge in [-0.15, -0.1) is 0 Å². The van der Waals surface area contributed by atoms with Crippen molar-refractivity contribution >= 4 is 17.5 Å². The molecule has 0 radical (unpaired) electrons. The van der Waals surface area contributed by atoms with Crippen LogP contribution in [0.3, 0.4) is 0 Å². The van der Waals surface area contributed by atoms with Crippen molar-refractivity contribution in [2.45, 2.75) is 32.1 Å². The summed E-state index contributed by atoms with van der Waals surface area (Å²) in [7, 11) is 1.59. The number of amides is 2. The van der Waals surface area contributed by atoms with Gasteiger partial charge in [0.2, 0.25) is 5.91 Å². The first-order valence-corrected chi connectivity index (χ1v) is 8.19. The summed E-state index contributed by atoms with van der Waals surface area (Å²) in [6.45, 7) is 1.12. The van der Waals surface area contributed by atoms with Gasteiger partial charge in [0, 0.05) is 18.3 Å². The van der Waals surface area contributed by atoms with Crippen molar-refractivity contribution in [3.8, 4) is 0 Å². The molecule has 2 rings (SSSR count). The molecule has 0 atom stereocenters. The molecule has 0 aliphatic heterocycles. The minimum atomic E-state index is -0.137. The molecule has 1 aromatic carbocycles. The molecule has 5 nitrogen and oxygen atoms in total. The molecule has 0 unspecified atom stereocenters. The van der Waals surface area contributed by atoms with E-state index in [0.29, 0.717) is 17.8 Å². The van der Waals surface area contributed by atoms with Gasteiger partial charge in [0.1, 0.15) is 0 Å². The molecule has 0 saturated carbocycles. The van der Waals surface area contributed by atoms with Gasteiger partial charge in [0.15, 0.2) is 0 Å². The van der Waals surface area contributed by atoms with E-state index in [0.717, 1.165) is 13.0 Å². The van der Waals surface area contributed by atoms with E-state index in [1.165, 1.54) is 31.3 Å². The van der Waals surface area contributed by atoms with Gasteiger partial charge in [-0.1, -0.05) is 11.6 Å². The van der Waals surface area contributed by atoms with E-state index in [-0.39, 0.29) is 11.8 Å².